The third-order valence-corrected chi connectivity index (χ3v) is 5.13. The first kappa shape index (κ1) is 20.1. The molecule has 2 aromatic rings. The lowest BCUT2D eigenvalue weighted by molar-refractivity contribution is -0.121. The fourth-order valence-electron chi connectivity index (χ4n) is 3.63. The molecule has 148 valence electrons. The van der Waals surface area contributed by atoms with E-state index in [-0.39, 0.29) is 24.4 Å². The number of benzene rings is 2. The van der Waals surface area contributed by atoms with Crippen LogP contribution in [-0.2, 0) is 11.3 Å². The minimum absolute atomic E-state index is 0.0102. The average molecular weight is 380 g/mol. The van der Waals surface area contributed by atoms with Crippen LogP contribution in [0.1, 0.15) is 39.9 Å². The Kier molecular flexibility index (Phi) is 6.82. The highest BCUT2D eigenvalue weighted by Crippen LogP contribution is 2.14. The van der Waals surface area contributed by atoms with Crippen molar-refractivity contribution in [2.24, 2.45) is 0 Å². The standard InChI is InChI=1S/C23H29N3O2/c1-17-5-3-7-19(13-17)16-26-11-9-21(10-12-26)25-22(27)15-24-23(28)20-8-4-6-18(2)14-20/h3-8,13-14,21H,9-12,15-16H2,1-2H3,(H,24,28)(H,25,27). The summed E-state index contributed by atoms with van der Waals surface area (Å²) in [6.07, 6.45) is 1.87. The van der Waals surface area contributed by atoms with Gasteiger partial charge in [0.1, 0.15) is 0 Å². The Hall–Kier alpha value is -2.66. The molecule has 5 heteroatoms. The summed E-state index contributed by atoms with van der Waals surface area (Å²) in [5.74, 6) is -0.343. The Balaban J connectivity index is 1.38. The summed E-state index contributed by atoms with van der Waals surface area (Å²) in [6, 6.07) is 16.1. The number of carbonyl (C=O) groups is 2. The molecule has 5 nitrogen and oxygen atoms in total. The number of likely N-dealkylation sites (tertiary alicyclic amines) is 1. The first-order chi connectivity index (χ1) is 13.5. The van der Waals surface area contributed by atoms with E-state index < -0.39 is 0 Å². The van der Waals surface area contributed by atoms with E-state index in [2.05, 4.69) is 46.7 Å². The van der Waals surface area contributed by atoms with Crippen molar-refractivity contribution in [2.75, 3.05) is 19.6 Å². The van der Waals surface area contributed by atoms with Gasteiger partial charge in [-0.25, -0.2) is 0 Å². The number of hydrogen-bond donors (Lipinski definition) is 2. The van der Waals surface area contributed by atoms with Crippen molar-refractivity contribution in [2.45, 2.75) is 39.3 Å². The first-order valence-electron chi connectivity index (χ1n) is 9.92. The van der Waals surface area contributed by atoms with Gasteiger partial charge in [0.2, 0.25) is 5.91 Å². The van der Waals surface area contributed by atoms with Gasteiger partial charge in [-0.05, 0) is 44.4 Å². The molecule has 0 unspecified atom stereocenters. The molecule has 0 aliphatic carbocycles. The lowest BCUT2D eigenvalue weighted by atomic mass is 10.0. The number of nitrogens with zero attached hydrogens (tertiary/aromatic N) is 1. The molecular formula is C23H29N3O2. The zero-order chi connectivity index (χ0) is 19.9. The molecule has 0 aromatic heterocycles. The summed E-state index contributed by atoms with van der Waals surface area (Å²) in [4.78, 5) is 26.7. The van der Waals surface area contributed by atoms with E-state index in [0.717, 1.165) is 38.0 Å². The Morgan fingerprint density at radius 2 is 1.68 bits per heavy atom. The number of carbonyl (C=O) groups excluding carboxylic acids is 2. The second kappa shape index (κ2) is 9.51. The third kappa shape index (κ3) is 5.92. The van der Waals surface area contributed by atoms with Gasteiger partial charge in [-0.3, -0.25) is 14.5 Å². The molecule has 1 saturated heterocycles. The van der Waals surface area contributed by atoms with Gasteiger partial charge < -0.3 is 10.6 Å². The molecule has 0 saturated carbocycles. The Morgan fingerprint density at radius 1 is 1.00 bits per heavy atom. The molecule has 2 N–H and O–H groups in total. The smallest absolute Gasteiger partial charge is 0.251 e. The highest BCUT2D eigenvalue weighted by molar-refractivity contribution is 5.96. The predicted molar refractivity (Wildman–Crippen MR) is 111 cm³/mol. The summed E-state index contributed by atoms with van der Waals surface area (Å²) in [7, 11) is 0. The largest absolute Gasteiger partial charge is 0.352 e. The zero-order valence-corrected chi connectivity index (χ0v) is 16.7. The van der Waals surface area contributed by atoms with Gasteiger partial charge in [0.15, 0.2) is 0 Å². The molecule has 0 atom stereocenters. The van der Waals surface area contributed by atoms with Crippen LogP contribution in [-0.4, -0.2) is 42.4 Å². The van der Waals surface area contributed by atoms with Crippen molar-refractivity contribution in [1.82, 2.24) is 15.5 Å². The molecule has 3 rings (SSSR count). The lowest BCUT2D eigenvalue weighted by Gasteiger charge is -2.32. The Labute approximate surface area is 167 Å². The van der Waals surface area contributed by atoms with Crippen molar-refractivity contribution in [1.29, 1.82) is 0 Å². The quantitative estimate of drug-likeness (QED) is 0.811. The summed E-state index contributed by atoms with van der Waals surface area (Å²) < 4.78 is 0. The van der Waals surface area contributed by atoms with Crippen LogP contribution >= 0.6 is 0 Å². The molecule has 1 aliphatic rings. The van der Waals surface area contributed by atoms with Gasteiger partial charge in [-0.15, -0.1) is 0 Å². The van der Waals surface area contributed by atoms with E-state index in [9.17, 15) is 9.59 Å². The van der Waals surface area contributed by atoms with Crippen LogP contribution in [0.4, 0.5) is 0 Å². The second-order valence-corrected chi connectivity index (χ2v) is 7.66. The summed E-state index contributed by atoms with van der Waals surface area (Å²) in [6.45, 7) is 6.95. The zero-order valence-electron chi connectivity index (χ0n) is 16.7. The van der Waals surface area contributed by atoms with E-state index in [1.54, 1.807) is 6.07 Å². The van der Waals surface area contributed by atoms with Crippen LogP contribution < -0.4 is 10.6 Å². The van der Waals surface area contributed by atoms with Crippen molar-refractivity contribution >= 4 is 11.8 Å². The van der Waals surface area contributed by atoms with Crippen molar-refractivity contribution in [3.05, 3.63) is 70.8 Å². The van der Waals surface area contributed by atoms with Crippen LogP contribution in [0.5, 0.6) is 0 Å². The normalized spacial score (nSPS) is 15.2. The van der Waals surface area contributed by atoms with E-state index in [4.69, 9.17) is 0 Å². The minimum Gasteiger partial charge on any atom is -0.352 e. The van der Waals surface area contributed by atoms with Gasteiger partial charge in [0.25, 0.3) is 5.91 Å². The Morgan fingerprint density at radius 3 is 2.36 bits per heavy atom. The van der Waals surface area contributed by atoms with E-state index >= 15 is 0 Å². The summed E-state index contributed by atoms with van der Waals surface area (Å²) >= 11 is 0. The van der Waals surface area contributed by atoms with Crippen LogP contribution in [0, 0.1) is 13.8 Å². The molecule has 28 heavy (non-hydrogen) atoms. The van der Waals surface area contributed by atoms with Crippen LogP contribution in [0.3, 0.4) is 0 Å². The average Bonchev–Trinajstić information content (AvgIpc) is 2.68. The maximum Gasteiger partial charge on any atom is 0.251 e. The maximum atomic E-state index is 12.2. The minimum atomic E-state index is -0.216. The number of hydrogen-bond acceptors (Lipinski definition) is 3. The van der Waals surface area contributed by atoms with Crippen molar-refractivity contribution < 1.29 is 9.59 Å². The molecule has 1 aliphatic heterocycles. The fourth-order valence-corrected chi connectivity index (χ4v) is 3.63. The molecule has 0 spiro atoms. The molecule has 2 aromatic carbocycles. The van der Waals surface area contributed by atoms with Gasteiger partial charge in [-0.2, -0.15) is 0 Å². The first-order valence-corrected chi connectivity index (χ1v) is 9.92. The molecule has 1 fully saturated rings. The summed E-state index contributed by atoms with van der Waals surface area (Å²) in [5, 5.41) is 5.75. The topological polar surface area (TPSA) is 61.4 Å². The number of piperidine rings is 1. The highest BCUT2D eigenvalue weighted by atomic mass is 16.2. The molecule has 2 amide bonds. The van der Waals surface area contributed by atoms with Gasteiger partial charge in [0, 0.05) is 31.2 Å². The second-order valence-electron chi connectivity index (χ2n) is 7.66. The van der Waals surface area contributed by atoms with E-state index in [1.807, 2.05) is 25.1 Å². The van der Waals surface area contributed by atoms with Gasteiger partial charge >= 0.3 is 0 Å². The molecule has 0 bridgehead atoms. The number of nitrogens with one attached hydrogen (secondary N) is 2. The maximum absolute atomic E-state index is 12.2. The van der Waals surface area contributed by atoms with Crippen molar-refractivity contribution in [3.8, 4) is 0 Å². The molecular weight excluding hydrogens is 350 g/mol. The monoisotopic (exact) mass is 379 g/mol. The Bertz CT molecular complexity index is 826. The lowest BCUT2D eigenvalue weighted by Crippen LogP contribution is -2.47. The number of rotatable bonds is 6. The number of amides is 2. The van der Waals surface area contributed by atoms with Crippen LogP contribution in [0.25, 0.3) is 0 Å². The predicted octanol–water partition coefficient (Wildman–Crippen LogP) is 2.81. The van der Waals surface area contributed by atoms with Crippen LogP contribution in [0.15, 0.2) is 48.5 Å². The molecule has 0 radical (unpaired) electrons. The van der Waals surface area contributed by atoms with Crippen molar-refractivity contribution in [3.63, 3.8) is 0 Å². The van der Waals surface area contributed by atoms with Crippen LogP contribution in [0.2, 0.25) is 0 Å². The third-order valence-electron chi connectivity index (χ3n) is 5.13. The highest BCUT2D eigenvalue weighted by Gasteiger charge is 2.21. The summed E-state index contributed by atoms with van der Waals surface area (Å²) in [5.41, 5.74) is 4.22. The van der Waals surface area contributed by atoms with Gasteiger partial charge in [-0.1, -0.05) is 47.5 Å². The fraction of sp³-hybridized carbons (Fsp3) is 0.391. The number of aryl methyl sites for hydroxylation is 2. The SMILES string of the molecule is Cc1cccc(CN2CCC(NC(=O)CNC(=O)c3cccc(C)c3)CC2)c1. The molecule has 1 heterocycles. The van der Waals surface area contributed by atoms with E-state index in [0.29, 0.717) is 5.56 Å². The van der Waals surface area contributed by atoms with Gasteiger partial charge in [0.05, 0.1) is 6.54 Å². The van der Waals surface area contributed by atoms with E-state index in [1.165, 1.54) is 11.1 Å².